The summed E-state index contributed by atoms with van der Waals surface area (Å²) in [6.45, 7) is 0.263. The van der Waals surface area contributed by atoms with Crippen LogP contribution in [0, 0.1) is 5.92 Å². The van der Waals surface area contributed by atoms with Crippen molar-refractivity contribution >= 4 is 22.5 Å². The Labute approximate surface area is 142 Å². The highest BCUT2D eigenvalue weighted by molar-refractivity contribution is 6.04. The molecule has 4 heteroatoms. The highest BCUT2D eigenvalue weighted by Gasteiger charge is 2.22. The molecule has 0 saturated heterocycles. The average molecular weight is 324 g/mol. The summed E-state index contributed by atoms with van der Waals surface area (Å²) in [7, 11) is 0. The van der Waals surface area contributed by atoms with Gasteiger partial charge in [-0.1, -0.05) is 24.3 Å². The van der Waals surface area contributed by atoms with Gasteiger partial charge in [-0.3, -0.25) is 0 Å². The molecule has 2 aromatic carbocycles. The number of nitrogens with one attached hydrogen (secondary N) is 2. The van der Waals surface area contributed by atoms with E-state index in [1.165, 1.54) is 16.5 Å². The second-order valence-electron chi connectivity index (χ2n) is 7.11. The van der Waals surface area contributed by atoms with E-state index in [0.29, 0.717) is 5.92 Å². The zero-order chi connectivity index (χ0) is 16.5. The first-order valence-electron chi connectivity index (χ1n) is 8.96. The number of aryl methyl sites for hydroxylation is 2. The highest BCUT2D eigenvalue weighted by Crippen LogP contribution is 2.35. The third-order valence-electron chi connectivity index (χ3n) is 5.57. The maximum absolute atomic E-state index is 12.4. The number of amides is 2. The Hall–Kier alpha value is -2.07. The maximum Gasteiger partial charge on any atom is 0.319 e. The lowest BCUT2D eigenvalue weighted by Crippen LogP contribution is -2.40. The predicted molar refractivity (Wildman–Crippen MR) is 96.3 cm³/mol. The Morgan fingerprint density at radius 3 is 2.54 bits per heavy atom. The van der Waals surface area contributed by atoms with E-state index in [2.05, 4.69) is 34.9 Å². The lowest BCUT2D eigenvalue weighted by Gasteiger charge is -2.28. The number of anilines is 1. The SMILES string of the molecule is O=C(Nc1ccc2c3c(cccc13)CC2)NC1CCC(CO)CC1. The van der Waals surface area contributed by atoms with Gasteiger partial charge in [0.05, 0.1) is 5.69 Å². The minimum Gasteiger partial charge on any atom is -0.396 e. The van der Waals surface area contributed by atoms with Crippen LogP contribution < -0.4 is 10.6 Å². The van der Waals surface area contributed by atoms with E-state index in [0.717, 1.165) is 49.6 Å². The van der Waals surface area contributed by atoms with Gasteiger partial charge in [0.1, 0.15) is 0 Å². The lowest BCUT2D eigenvalue weighted by atomic mass is 9.87. The molecule has 126 valence electrons. The summed E-state index contributed by atoms with van der Waals surface area (Å²) >= 11 is 0. The molecule has 0 aliphatic heterocycles. The first-order valence-corrected chi connectivity index (χ1v) is 8.96. The molecule has 3 N–H and O–H groups in total. The lowest BCUT2D eigenvalue weighted by molar-refractivity contribution is 0.176. The number of aliphatic hydroxyl groups excluding tert-OH is 1. The molecule has 0 bridgehead atoms. The number of rotatable bonds is 3. The van der Waals surface area contributed by atoms with Crippen LogP contribution in [0.15, 0.2) is 30.3 Å². The predicted octanol–water partition coefficient (Wildman–Crippen LogP) is 3.61. The van der Waals surface area contributed by atoms with Crippen molar-refractivity contribution in [3.8, 4) is 0 Å². The quantitative estimate of drug-likeness (QED) is 0.807. The van der Waals surface area contributed by atoms with E-state index in [-0.39, 0.29) is 18.7 Å². The van der Waals surface area contributed by atoms with Crippen molar-refractivity contribution in [2.24, 2.45) is 5.92 Å². The van der Waals surface area contributed by atoms with E-state index in [1.54, 1.807) is 0 Å². The fourth-order valence-electron chi connectivity index (χ4n) is 4.19. The molecule has 0 unspecified atom stereocenters. The van der Waals surface area contributed by atoms with Gasteiger partial charge in [0.15, 0.2) is 0 Å². The van der Waals surface area contributed by atoms with E-state index in [4.69, 9.17) is 0 Å². The molecule has 2 aromatic rings. The van der Waals surface area contributed by atoms with Gasteiger partial charge in [-0.25, -0.2) is 4.79 Å². The summed E-state index contributed by atoms with van der Waals surface area (Å²) in [6, 6.07) is 10.6. The zero-order valence-electron chi connectivity index (χ0n) is 13.8. The minimum absolute atomic E-state index is 0.124. The molecule has 1 saturated carbocycles. The number of urea groups is 1. The molecule has 2 amide bonds. The van der Waals surface area contributed by atoms with Crippen molar-refractivity contribution in [1.82, 2.24) is 5.32 Å². The summed E-state index contributed by atoms with van der Waals surface area (Å²) in [5, 5.41) is 17.8. The molecule has 4 nitrogen and oxygen atoms in total. The van der Waals surface area contributed by atoms with E-state index >= 15 is 0 Å². The van der Waals surface area contributed by atoms with Crippen LogP contribution in [-0.4, -0.2) is 23.8 Å². The van der Waals surface area contributed by atoms with Crippen molar-refractivity contribution in [3.63, 3.8) is 0 Å². The molecule has 0 aromatic heterocycles. The molecule has 0 atom stereocenters. The number of carbonyl (C=O) groups excluding carboxylic acids is 1. The summed E-state index contributed by atoms with van der Waals surface area (Å²) in [4.78, 5) is 12.4. The first kappa shape index (κ1) is 15.5. The van der Waals surface area contributed by atoms with Gasteiger partial charge in [-0.15, -0.1) is 0 Å². The third-order valence-corrected chi connectivity index (χ3v) is 5.57. The maximum atomic E-state index is 12.4. The average Bonchev–Trinajstić information content (AvgIpc) is 3.03. The minimum atomic E-state index is -0.124. The molecule has 0 spiro atoms. The molecule has 2 aliphatic rings. The Morgan fingerprint density at radius 2 is 1.79 bits per heavy atom. The Kier molecular flexibility index (Phi) is 4.15. The molecule has 1 fully saturated rings. The first-order chi connectivity index (χ1) is 11.7. The normalized spacial score (nSPS) is 22.5. The van der Waals surface area contributed by atoms with Gasteiger partial charge in [-0.2, -0.15) is 0 Å². The number of hydrogen-bond acceptors (Lipinski definition) is 2. The summed E-state index contributed by atoms with van der Waals surface area (Å²) < 4.78 is 0. The van der Waals surface area contributed by atoms with Gasteiger partial charge in [0.2, 0.25) is 0 Å². The Balaban J connectivity index is 1.46. The Bertz CT molecular complexity index is 753. The fourth-order valence-corrected chi connectivity index (χ4v) is 4.19. The number of carbonyl (C=O) groups is 1. The van der Waals surface area contributed by atoms with Crippen LogP contribution in [0.1, 0.15) is 36.8 Å². The molecule has 24 heavy (non-hydrogen) atoms. The van der Waals surface area contributed by atoms with Crippen molar-refractivity contribution < 1.29 is 9.90 Å². The standard InChI is InChI=1S/C20H24N2O2/c23-12-13-4-9-16(10-5-13)21-20(24)22-18-11-8-15-7-6-14-2-1-3-17(18)19(14)15/h1-3,8,11,13,16,23H,4-7,9-10,12H2,(H2,21,22,24). The molecule has 4 rings (SSSR count). The number of hydrogen-bond donors (Lipinski definition) is 3. The number of aliphatic hydroxyl groups is 1. The van der Waals surface area contributed by atoms with Gasteiger partial charge in [0, 0.05) is 18.0 Å². The zero-order valence-corrected chi connectivity index (χ0v) is 13.8. The molecular formula is C20H24N2O2. The van der Waals surface area contributed by atoms with Crippen molar-refractivity contribution in [1.29, 1.82) is 0 Å². The fraction of sp³-hybridized carbons (Fsp3) is 0.450. The van der Waals surface area contributed by atoms with Crippen LogP contribution in [-0.2, 0) is 12.8 Å². The number of benzene rings is 2. The second-order valence-corrected chi connectivity index (χ2v) is 7.11. The van der Waals surface area contributed by atoms with Gasteiger partial charge < -0.3 is 15.7 Å². The van der Waals surface area contributed by atoms with Crippen molar-refractivity contribution in [2.45, 2.75) is 44.6 Å². The van der Waals surface area contributed by atoms with Crippen LogP contribution in [0.2, 0.25) is 0 Å². The van der Waals surface area contributed by atoms with E-state index in [9.17, 15) is 9.90 Å². The monoisotopic (exact) mass is 324 g/mol. The van der Waals surface area contributed by atoms with Crippen molar-refractivity contribution in [2.75, 3.05) is 11.9 Å². The van der Waals surface area contributed by atoms with Crippen LogP contribution in [0.25, 0.3) is 10.8 Å². The topological polar surface area (TPSA) is 61.4 Å². The van der Waals surface area contributed by atoms with Crippen LogP contribution >= 0.6 is 0 Å². The molecule has 0 heterocycles. The third kappa shape index (κ3) is 2.86. The van der Waals surface area contributed by atoms with Gasteiger partial charge in [-0.05, 0) is 67.0 Å². The molecular weight excluding hydrogens is 300 g/mol. The van der Waals surface area contributed by atoms with Crippen LogP contribution in [0.5, 0.6) is 0 Å². The summed E-state index contributed by atoms with van der Waals surface area (Å²) in [5.41, 5.74) is 3.65. The molecule has 2 aliphatic carbocycles. The van der Waals surface area contributed by atoms with Crippen molar-refractivity contribution in [3.05, 3.63) is 41.5 Å². The van der Waals surface area contributed by atoms with Gasteiger partial charge in [0.25, 0.3) is 0 Å². The summed E-state index contributed by atoms with van der Waals surface area (Å²) in [6.07, 6.45) is 6.06. The van der Waals surface area contributed by atoms with E-state index in [1.807, 2.05) is 6.07 Å². The van der Waals surface area contributed by atoms with Gasteiger partial charge >= 0.3 is 6.03 Å². The Morgan fingerprint density at radius 1 is 1.04 bits per heavy atom. The summed E-state index contributed by atoms with van der Waals surface area (Å²) in [5.74, 6) is 0.405. The smallest absolute Gasteiger partial charge is 0.319 e. The largest absolute Gasteiger partial charge is 0.396 e. The van der Waals surface area contributed by atoms with Crippen LogP contribution in [0.3, 0.4) is 0 Å². The molecule has 0 radical (unpaired) electrons. The highest BCUT2D eigenvalue weighted by atomic mass is 16.3. The van der Waals surface area contributed by atoms with E-state index < -0.39 is 0 Å². The second kappa shape index (κ2) is 6.44. The van der Waals surface area contributed by atoms with Crippen LogP contribution in [0.4, 0.5) is 10.5 Å².